The summed E-state index contributed by atoms with van der Waals surface area (Å²) in [7, 11) is 2.86. The molecule has 0 radical (unpaired) electrons. The van der Waals surface area contributed by atoms with Crippen molar-refractivity contribution in [1.82, 2.24) is 20.2 Å². The molecule has 0 fully saturated rings. The molecule has 2 aromatic rings. The average Bonchev–Trinajstić information content (AvgIpc) is 2.80. The third kappa shape index (κ3) is 2.37. The van der Waals surface area contributed by atoms with Gasteiger partial charge in [-0.15, -0.1) is 5.10 Å². The predicted molar refractivity (Wildman–Crippen MR) is 58.7 cm³/mol. The van der Waals surface area contributed by atoms with Crippen LogP contribution in [0.5, 0.6) is 5.75 Å². The second-order valence-electron chi connectivity index (χ2n) is 3.03. The van der Waals surface area contributed by atoms with Crippen molar-refractivity contribution in [3.05, 3.63) is 24.5 Å². The van der Waals surface area contributed by atoms with Gasteiger partial charge in [-0.3, -0.25) is 0 Å². The number of methoxy groups -OCH3 is 1. The molecular formula is C8H7ClN4O3S. The molecule has 17 heavy (non-hydrogen) atoms. The molecule has 7 nitrogen and oxygen atoms in total. The summed E-state index contributed by atoms with van der Waals surface area (Å²) < 4.78 is 28.7. The van der Waals surface area contributed by atoms with E-state index >= 15 is 0 Å². The Kier molecular flexibility index (Phi) is 2.99. The van der Waals surface area contributed by atoms with Crippen LogP contribution in [0.15, 0.2) is 29.4 Å². The topological polar surface area (TPSA) is 87.0 Å². The molecule has 0 saturated heterocycles. The Labute approximate surface area is 101 Å². The van der Waals surface area contributed by atoms with Gasteiger partial charge in [0.1, 0.15) is 17.8 Å². The molecule has 1 heterocycles. The lowest BCUT2D eigenvalue weighted by Gasteiger charge is -2.08. The van der Waals surface area contributed by atoms with Gasteiger partial charge in [-0.25, -0.2) is 8.42 Å². The predicted octanol–water partition coefficient (Wildman–Crippen LogP) is 0.598. The summed E-state index contributed by atoms with van der Waals surface area (Å²) in [6, 6.07) is 4.16. The molecule has 0 unspecified atom stereocenters. The van der Waals surface area contributed by atoms with Crippen LogP contribution in [-0.4, -0.2) is 35.7 Å². The van der Waals surface area contributed by atoms with Gasteiger partial charge in [0.25, 0.3) is 9.05 Å². The Morgan fingerprint density at radius 3 is 2.71 bits per heavy atom. The lowest BCUT2D eigenvalue weighted by molar-refractivity contribution is 0.410. The lowest BCUT2D eigenvalue weighted by Crippen LogP contribution is -2.01. The second-order valence-corrected chi connectivity index (χ2v) is 5.59. The number of nitrogens with zero attached hydrogens (tertiary/aromatic N) is 4. The second kappa shape index (κ2) is 4.30. The van der Waals surface area contributed by atoms with Gasteiger partial charge in [0, 0.05) is 16.7 Å². The van der Waals surface area contributed by atoms with Crippen molar-refractivity contribution in [3.8, 4) is 11.4 Å². The Bertz CT molecular complexity index is 626. The van der Waals surface area contributed by atoms with Crippen molar-refractivity contribution >= 4 is 19.7 Å². The molecule has 2 rings (SSSR count). The fourth-order valence-electron chi connectivity index (χ4n) is 1.27. The van der Waals surface area contributed by atoms with Crippen LogP contribution in [-0.2, 0) is 9.05 Å². The van der Waals surface area contributed by atoms with Crippen molar-refractivity contribution in [1.29, 1.82) is 0 Å². The monoisotopic (exact) mass is 274 g/mol. The van der Waals surface area contributed by atoms with E-state index in [1.807, 2.05) is 0 Å². The lowest BCUT2D eigenvalue weighted by atomic mass is 10.3. The maximum absolute atomic E-state index is 11.2. The van der Waals surface area contributed by atoms with Gasteiger partial charge in [0.05, 0.1) is 12.0 Å². The molecule has 1 aromatic heterocycles. The molecule has 0 aliphatic heterocycles. The van der Waals surface area contributed by atoms with Gasteiger partial charge in [-0.2, -0.15) is 4.68 Å². The largest absolute Gasteiger partial charge is 0.494 e. The number of rotatable bonds is 3. The Balaban J connectivity index is 2.58. The van der Waals surface area contributed by atoms with Crippen LogP contribution in [0.3, 0.4) is 0 Å². The molecule has 0 aliphatic rings. The third-order valence-corrected chi connectivity index (χ3v) is 3.38. The maximum atomic E-state index is 11.2. The van der Waals surface area contributed by atoms with Gasteiger partial charge in [0.2, 0.25) is 0 Å². The van der Waals surface area contributed by atoms with E-state index in [2.05, 4.69) is 15.5 Å². The number of hydrogen-bond acceptors (Lipinski definition) is 6. The molecular weight excluding hydrogens is 268 g/mol. The SMILES string of the molecule is COc1cc(S(=O)(=O)Cl)ccc1-n1cnnn1. The molecule has 1 aromatic carbocycles. The van der Waals surface area contributed by atoms with Crippen LogP contribution >= 0.6 is 10.7 Å². The van der Waals surface area contributed by atoms with Crippen molar-refractivity contribution < 1.29 is 13.2 Å². The van der Waals surface area contributed by atoms with Crippen molar-refractivity contribution in [2.24, 2.45) is 0 Å². The summed E-state index contributed by atoms with van der Waals surface area (Å²) in [4.78, 5) is -0.0483. The maximum Gasteiger partial charge on any atom is 0.261 e. The number of aromatic nitrogens is 4. The quantitative estimate of drug-likeness (QED) is 0.762. The summed E-state index contributed by atoms with van der Waals surface area (Å²) in [6.07, 6.45) is 1.37. The smallest absolute Gasteiger partial charge is 0.261 e. The van der Waals surface area contributed by atoms with Crippen molar-refractivity contribution in [2.45, 2.75) is 4.90 Å². The van der Waals surface area contributed by atoms with Crippen LogP contribution in [0.25, 0.3) is 5.69 Å². The van der Waals surface area contributed by atoms with E-state index in [9.17, 15) is 8.42 Å². The minimum atomic E-state index is -3.79. The average molecular weight is 275 g/mol. The van der Waals surface area contributed by atoms with E-state index in [0.29, 0.717) is 11.4 Å². The van der Waals surface area contributed by atoms with Crippen molar-refractivity contribution in [3.63, 3.8) is 0 Å². The van der Waals surface area contributed by atoms with Crippen molar-refractivity contribution in [2.75, 3.05) is 7.11 Å². The summed E-state index contributed by atoms with van der Waals surface area (Å²) >= 11 is 0. The van der Waals surface area contributed by atoms with E-state index in [0.717, 1.165) is 0 Å². The fraction of sp³-hybridized carbons (Fsp3) is 0.125. The zero-order valence-corrected chi connectivity index (χ0v) is 10.2. The Morgan fingerprint density at radius 1 is 1.41 bits per heavy atom. The number of benzene rings is 1. The highest BCUT2D eigenvalue weighted by Crippen LogP contribution is 2.26. The first-order valence-electron chi connectivity index (χ1n) is 4.38. The van der Waals surface area contributed by atoms with Crippen LogP contribution in [0, 0.1) is 0 Å². The summed E-state index contributed by atoms with van der Waals surface area (Å²) in [6.45, 7) is 0. The van der Waals surface area contributed by atoms with Crippen LogP contribution in [0.4, 0.5) is 0 Å². The van der Waals surface area contributed by atoms with Crippen LogP contribution < -0.4 is 4.74 Å². The first-order valence-corrected chi connectivity index (χ1v) is 6.69. The highest BCUT2D eigenvalue weighted by molar-refractivity contribution is 8.13. The Hall–Kier alpha value is -1.67. The highest BCUT2D eigenvalue weighted by atomic mass is 35.7. The van der Waals surface area contributed by atoms with E-state index in [1.54, 1.807) is 0 Å². The van der Waals surface area contributed by atoms with Gasteiger partial charge >= 0.3 is 0 Å². The first-order chi connectivity index (χ1) is 8.02. The molecule has 90 valence electrons. The van der Waals surface area contributed by atoms with E-state index in [4.69, 9.17) is 15.4 Å². The normalized spacial score (nSPS) is 11.4. The van der Waals surface area contributed by atoms with Gasteiger partial charge in [-0.1, -0.05) is 0 Å². The molecule has 0 N–H and O–H groups in total. The molecule has 0 atom stereocenters. The van der Waals surface area contributed by atoms with Gasteiger partial charge in [-0.05, 0) is 22.6 Å². The zero-order valence-electron chi connectivity index (χ0n) is 8.61. The molecule has 0 saturated carbocycles. The highest BCUT2D eigenvalue weighted by Gasteiger charge is 2.14. The minimum Gasteiger partial charge on any atom is -0.494 e. The van der Waals surface area contributed by atoms with Gasteiger partial charge in [0.15, 0.2) is 0 Å². The van der Waals surface area contributed by atoms with Gasteiger partial charge < -0.3 is 4.74 Å². The fourth-order valence-corrected chi connectivity index (χ4v) is 2.04. The van der Waals surface area contributed by atoms with Crippen LogP contribution in [0.2, 0.25) is 0 Å². The number of tetrazole rings is 1. The molecule has 0 amide bonds. The number of halogens is 1. The summed E-state index contributed by atoms with van der Waals surface area (Å²) in [5, 5.41) is 10.6. The molecule has 0 bridgehead atoms. The number of hydrogen-bond donors (Lipinski definition) is 0. The Morgan fingerprint density at radius 2 is 2.18 bits per heavy atom. The summed E-state index contributed by atoms with van der Waals surface area (Å²) in [5.74, 6) is 0.305. The third-order valence-electron chi connectivity index (χ3n) is 2.03. The minimum absolute atomic E-state index is 0.0483. The van der Waals surface area contributed by atoms with E-state index in [1.165, 1.54) is 36.3 Å². The molecule has 0 aliphatic carbocycles. The van der Waals surface area contributed by atoms with Crippen LogP contribution in [0.1, 0.15) is 0 Å². The van der Waals surface area contributed by atoms with E-state index < -0.39 is 9.05 Å². The van der Waals surface area contributed by atoms with E-state index in [-0.39, 0.29) is 4.90 Å². The molecule has 0 spiro atoms. The zero-order chi connectivity index (χ0) is 12.5. The standard InChI is InChI=1S/C8H7ClN4O3S/c1-16-8-4-6(17(9,14)15)2-3-7(8)13-5-10-11-12-13/h2-5H,1H3. The number of ether oxygens (including phenoxy) is 1. The molecule has 9 heteroatoms. The summed E-state index contributed by atoms with van der Waals surface area (Å²) in [5.41, 5.74) is 0.515. The first kappa shape index (κ1) is 11.8.